The van der Waals surface area contributed by atoms with Gasteiger partial charge in [0.1, 0.15) is 11.8 Å². The number of aryl methyl sites for hydroxylation is 1. The summed E-state index contributed by atoms with van der Waals surface area (Å²) in [6, 6.07) is 16.3. The molecule has 1 saturated carbocycles. The quantitative estimate of drug-likeness (QED) is 0.678. The van der Waals surface area contributed by atoms with Gasteiger partial charge < -0.3 is 15.0 Å². The molecule has 1 fully saturated rings. The molecule has 1 aromatic heterocycles. The molecule has 142 valence electrons. The van der Waals surface area contributed by atoms with E-state index in [1.165, 1.54) is 6.42 Å². The molecule has 0 atom stereocenters. The monoisotopic (exact) mass is 373 g/mol. The zero-order chi connectivity index (χ0) is 19.7. The van der Waals surface area contributed by atoms with Crippen LogP contribution < -0.4 is 5.32 Å². The molecule has 4 rings (SSSR count). The summed E-state index contributed by atoms with van der Waals surface area (Å²) in [7, 11) is 0. The van der Waals surface area contributed by atoms with Gasteiger partial charge in [0.05, 0.1) is 11.1 Å². The largest absolute Gasteiger partial charge is 0.477 e. The van der Waals surface area contributed by atoms with Crippen molar-refractivity contribution in [3.8, 4) is 6.07 Å². The van der Waals surface area contributed by atoms with Crippen LogP contribution in [-0.2, 0) is 13.1 Å². The van der Waals surface area contributed by atoms with Gasteiger partial charge in [-0.3, -0.25) is 0 Å². The molecule has 1 aliphatic carbocycles. The van der Waals surface area contributed by atoms with Crippen LogP contribution in [0.5, 0.6) is 0 Å². The fourth-order valence-electron chi connectivity index (χ4n) is 3.89. The number of hydrogen-bond acceptors (Lipinski definition) is 3. The van der Waals surface area contributed by atoms with Gasteiger partial charge in [0, 0.05) is 30.1 Å². The fourth-order valence-corrected chi connectivity index (χ4v) is 3.89. The van der Waals surface area contributed by atoms with Gasteiger partial charge in [-0.2, -0.15) is 5.26 Å². The van der Waals surface area contributed by atoms with Crippen LogP contribution in [0, 0.1) is 18.3 Å². The number of benzene rings is 2. The number of nitrogens with zero attached hydrogens (tertiary/aromatic N) is 2. The molecule has 2 N–H and O–H groups in total. The van der Waals surface area contributed by atoms with Crippen LogP contribution in [-0.4, -0.2) is 21.7 Å². The third-order valence-corrected chi connectivity index (χ3v) is 5.64. The molecular weight excluding hydrogens is 350 g/mol. The molecule has 28 heavy (non-hydrogen) atoms. The Kier molecular flexibility index (Phi) is 4.89. The number of fused-ring (bicyclic) bond motifs is 1. The van der Waals surface area contributed by atoms with Gasteiger partial charge in [-0.25, -0.2) is 4.79 Å². The summed E-state index contributed by atoms with van der Waals surface area (Å²) in [5, 5.41) is 24.0. The highest BCUT2D eigenvalue weighted by Gasteiger charge is 2.25. The first-order chi connectivity index (χ1) is 13.6. The molecule has 5 nitrogen and oxygen atoms in total. The number of para-hydroxylation sites is 1. The van der Waals surface area contributed by atoms with Gasteiger partial charge in [0.15, 0.2) is 0 Å². The Hall–Kier alpha value is -3.10. The highest BCUT2D eigenvalue weighted by atomic mass is 16.4. The second-order valence-electron chi connectivity index (χ2n) is 7.53. The zero-order valence-electron chi connectivity index (χ0n) is 15.9. The first-order valence-corrected chi connectivity index (χ1v) is 9.65. The Balaban J connectivity index is 1.87. The summed E-state index contributed by atoms with van der Waals surface area (Å²) in [6.07, 6.45) is 3.49. The number of aromatic nitrogens is 1. The topological polar surface area (TPSA) is 78.1 Å². The Bertz CT molecular complexity index is 1070. The molecule has 0 saturated heterocycles. The Morgan fingerprint density at radius 3 is 2.61 bits per heavy atom. The minimum absolute atomic E-state index is 0.269. The first kappa shape index (κ1) is 18.3. The normalized spacial score (nSPS) is 14.0. The molecule has 0 radical (unpaired) electrons. The van der Waals surface area contributed by atoms with Crippen molar-refractivity contribution in [2.75, 3.05) is 0 Å². The minimum atomic E-state index is -0.961. The van der Waals surface area contributed by atoms with Crippen LogP contribution in [0.4, 0.5) is 0 Å². The number of rotatable bonds is 6. The highest BCUT2D eigenvalue weighted by molar-refractivity contribution is 6.00. The third kappa shape index (κ3) is 3.28. The zero-order valence-corrected chi connectivity index (χ0v) is 15.9. The molecule has 2 aromatic carbocycles. The molecule has 0 aliphatic heterocycles. The van der Waals surface area contributed by atoms with Crippen molar-refractivity contribution in [3.63, 3.8) is 0 Å². The van der Waals surface area contributed by atoms with Gasteiger partial charge in [0.25, 0.3) is 0 Å². The average Bonchev–Trinajstić information content (AvgIpc) is 2.96. The van der Waals surface area contributed by atoms with Crippen LogP contribution in [0.3, 0.4) is 0 Å². The smallest absolute Gasteiger partial charge is 0.352 e. The SMILES string of the molecule is Cc1ccc(Cn2c(C(=O)O)c(CNC3CCC3)c3cccc(C#N)c32)cc1. The lowest BCUT2D eigenvalue weighted by Gasteiger charge is -2.26. The van der Waals surface area contributed by atoms with Gasteiger partial charge in [0.2, 0.25) is 0 Å². The van der Waals surface area contributed by atoms with Crippen molar-refractivity contribution < 1.29 is 9.90 Å². The summed E-state index contributed by atoms with van der Waals surface area (Å²) >= 11 is 0. The maximum absolute atomic E-state index is 12.3. The predicted molar refractivity (Wildman–Crippen MR) is 108 cm³/mol. The lowest BCUT2D eigenvalue weighted by molar-refractivity contribution is 0.0684. The molecule has 0 spiro atoms. The lowest BCUT2D eigenvalue weighted by atomic mass is 9.93. The second kappa shape index (κ2) is 7.49. The van der Waals surface area contributed by atoms with E-state index in [-0.39, 0.29) is 5.69 Å². The van der Waals surface area contributed by atoms with Gasteiger partial charge in [-0.15, -0.1) is 0 Å². The number of nitrogens with one attached hydrogen (secondary N) is 1. The highest BCUT2D eigenvalue weighted by Crippen LogP contribution is 2.31. The Morgan fingerprint density at radius 2 is 2.00 bits per heavy atom. The predicted octanol–water partition coefficient (Wildman–Crippen LogP) is 4.21. The number of carbonyl (C=O) groups is 1. The number of carboxylic acids is 1. The van der Waals surface area contributed by atoms with Crippen LogP contribution in [0.1, 0.15) is 52.0 Å². The van der Waals surface area contributed by atoms with Gasteiger partial charge >= 0.3 is 5.97 Å². The molecule has 3 aromatic rings. The van der Waals surface area contributed by atoms with Crippen LogP contribution >= 0.6 is 0 Å². The van der Waals surface area contributed by atoms with Crippen molar-refractivity contribution in [2.24, 2.45) is 0 Å². The van der Waals surface area contributed by atoms with E-state index in [4.69, 9.17) is 0 Å². The van der Waals surface area contributed by atoms with Crippen LogP contribution in [0.15, 0.2) is 42.5 Å². The van der Waals surface area contributed by atoms with Crippen LogP contribution in [0.25, 0.3) is 10.9 Å². The van der Waals surface area contributed by atoms with Gasteiger partial charge in [-0.05, 0) is 31.4 Å². The van der Waals surface area contributed by atoms with E-state index >= 15 is 0 Å². The third-order valence-electron chi connectivity index (χ3n) is 5.64. The molecule has 0 amide bonds. The summed E-state index contributed by atoms with van der Waals surface area (Å²) in [5.74, 6) is -0.961. The lowest BCUT2D eigenvalue weighted by Crippen LogP contribution is -2.34. The fraction of sp³-hybridized carbons (Fsp3) is 0.304. The van der Waals surface area contributed by atoms with E-state index in [0.29, 0.717) is 30.2 Å². The van der Waals surface area contributed by atoms with E-state index in [1.807, 2.05) is 43.3 Å². The summed E-state index contributed by atoms with van der Waals surface area (Å²) in [5.41, 5.74) is 4.40. The van der Waals surface area contributed by atoms with E-state index < -0.39 is 5.97 Å². The Morgan fingerprint density at radius 1 is 1.25 bits per heavy atom. The molecule has 0 unspecified atom stereocenters. The number of hydrogen-bond donors (Lipinski definition) is 2. The average molecular weight is 373 g/mol. The molecule has 5 heteroatoms. The van der Waals surface area contributed by atoms with Crippen molar-refractivity contribution in [2.45, 2.75) is 45.3 Å². The van der Waals surface area contributed by atoms with Crippen molar-refractivity contribution >= 4 is 16.9 Å². The molecule has 0 bridgehead atoms. The Labute approximate surface area is 164 Å². The number of aromatic carboxylic acids is 1. The standard InChI is InChI=1S/C23H23N3O2/c1-15-8-10-16(11-9-15)14-26-21-17(12-24)4-2-7-19(21)20(22(26)23(27)28)13-25-18-5-3-6-18/h2,4,7-11,18,25H,3,5-6,13-14H2,1H3,(H,27,28). The molecule has 1 heterocycles. The molecule has 1 aliphatic rings. The van der Waals surface area contributed by atoms with Crippen molar-refractivity contribution in [1.82, 2.24) is 9.88 Å². The minimum Gasteiger partial charge on any atom is -0.477 e. The maximum atomic E-state index is 12.3. The van der Waals surface area contributed by atoms with E-state index in [9.17, 15) is 15.2 Å². The number of nitriles is 1. The molecular formula is C23H23N3O2. The van der Waals surface area contributed by atoms with E-state index in [0.717, 1.165) is 34.9 Å². The van der Waals surface area contributed by atoms with E-state index in [2.05, 4.69) is 11.4 Å². The van der Waals surface area contributed by atoms with E-state index in [1.54, 1.807) is 10.6 Å². The van der Waals surface area contributed by atoms with Crippen molar-refractivity contribution in [3.05, 3.63) is 70.4 Å². The second-order valence-corrected chi connectivity index (χ2v) is 7.53. The first-order valence-electron chi connectivity index (χ1n) is 9.65. The van der Waals surface area contributed by atoms with Crippen molar-refractivity contribution in [1.29, 1.82) is 5.26 Å². The summed E-state index contributed by atoms with van der Waals surface area (Å²) in [4.78, 5) is 12.3. The number of carboxylic acid groups (broad SMARTS) is 1. The van der Waals surface area contributed by atoms with Crippen LogP contribution in [0.2, 0.25) is 0 Å². The summed E-state index contributed by atoms with van der Waals surface area (Å²) in [6.45, 7) is 2.94. The maximum Gasteiger partial charge on any atom is 0.352 e. The summed E-state index contributed by atoms with van der Waals surface area (Å²) < 4.78 is 1.79. The van der Waals surface area contributed by atoms with Gasteiger partial charge in [-0.1, -0.05) is 48.4 Å².